The summed E-state index contributed by atoms with van der Waals surface area (Å²) in [5.41, 5.74) is 1.41. The van der Waals surface area contributed by atoms with Crippen molar-refractivity contribution in [3.8, 4) is 0 Å². The highest BCUT2D eigenvalue weighted by Gasteiger charge is 2.25. The maximum atomic E-state index is 12.3. The van der Waals surface area contributed by atoms with Gasteiger partial charge in [0, 0.05) is 39.3 Å². The van der Waals surface area contributed by atoms with E-state index in [-0.39, 0.29) is 11.9 Å². The maximum Gasteiger partial charge on any atom is 0.237 e. The summed E-state index contributed by atoms with van der Waals surface area (Å²) in [7, 11) is 0. The lowest BCUT2D eigenvalue weighted by molar-refractivity contribution is -0.123. The number of carbonyl (C=O) groups excluding carboxylic acids is 1. The number of benzene rings is 1. The van der Waals surface area contributed by atoms with Crippen molar-refractivity contribution < 1.29 is 4.79 Å². The minimum absolute atomic E-state index is 0.00371. The van der Waals surface area contributed by atoms with Crippen molar-refractivity contribution in [1.29, 1.82) is 0 Å². The Morgan fingerprint density at radius 1 is 1.16 bits per heavy atom. The number of carbonyl (C=O) groups is 1. The van der Waals surface area contributed by atoms with Gasteiger partial charge < -0.3 is 16.0 Å². The molecule has 0 spiro atoms. The van der Waals surface area contributed by atoms with E-state index in [0.717, 1.165) is 65.1 Å². The van der Waals surface area contributed by atoms with Crippen LogP contribution in [-0.4, -0.2) is 62.7 Å². The van der Waals surface area contributed by atoms with Crippen LogP contribution in [0.2, 0.25) is 0 Å². The Balaban J connectivity index is 1.29. The van der Waals surface area contributed by atoms with Crippen molar-refractivity contribution in [3.63, 3.8) is 0 Å². The molecule has 5 heteroatoms. The third-order valence-corrected chi connectivity index (χ3v) is 5.45. The van der Waals surface area contributed by atoms with Crippen molar-refractivity contribution in [2.24, 2.45) is 5.92 Å². The number of piperazine rings is 1. The molecule has 25 heavy (non-hydrogen) atoms. The lowest BCUT2D eigenvalue weighted by Gasteiger charge is -2.30. The van der Waals surface area contributed by atoms with Crippen LogP contribution in [0, 0.1) is 5.92 Å². The molecule has 0 aliphatic carbocycles. The zero-order chi connectivity index (χ0) is 17.3. The van der Waals surface area contributed by atoms with Crippen molar-refractivity contribution in [3.05, 3.63) is 35.9 Å². The van der Waals surface area contributed by atoms with Gasteiger partial charge in [-0.2, -0.15) is 0 Å². The molecule has 0 aromatic heterocycles. The van der Waals surface area contributed by atoms with E-state index in [9.17, 15) is 4.79 Å². The van der Waals surface area contributed by atoms with Crippen molar-refractivity contribution in [2.75, 3.05) is 45.8 Å². The summed E-state index contributed by atoms with van der Waals surface area (Å²) in [6.45, 7) is 6.96. The first kappa shape index (κ1) is 18.4. The number of amides is 1. The lowest BCUT2D eigenvalue weighted by Crippen LogP contribution is -2.51. The van der Waals surface area contributed by atoms with Crippen molar-refractivity contribution in [2.45, 2.75) is 31.7 Å². The van der Waals surface area contributed by atoms with Gasteiger partial charge in [0.15, 0.2) is 0 Å². The number of piperidine rings is 1. The van der Waals surface area contributed by atoms with Crippen LogP contribution in [0.1, 0.15) is 24.8 Å². The number of nitrogens with zero attached hydrogens (tertiary/aromatic N) is 1. The molecule has 3 N–H and O–H groups in total. The number of aryl methyl sites for hydroxylation is 1. The number of hydrogen-bond donors (Lipinski definition) is 3. The van der Waals surface area contributed by atoms with Crippen LogP contribution in [0.4, 0.5) is 0 Å². The minimum Gasteiger partial charge on any atom is -0.353 e. The second-order valence-corrected chi connectivity index (χ2v) is 7.31. The predicted molar refractivity (Wildman–Crippen MR) is 102 cm³/mol. The molecule has 2 heterocycles. The average Bonchev–Trinajstić information content (AvgIpc) is 2.68. The summed E-state index contributed by atoms with van der Waals surface area (Å²) in [4.78, 5) is 14.7. The molecule has 138 valence electrons. The molecule has 1 aromatic rings. The Labute approximate surface area is 151 Å². The van der Waals surface area contributed by atoms with Gasteiger partial charge in [0.25, 0.3) is 0 Å². The molecular weight excluding hydrogens is 312 g/mol. The first-order valence-electron chi connectivity index (χ1n) is 9.79. The van der Waals surface area contributed by atoms with Crippen LogP contribution in [0.5, 0.6) is 0 Å². The Morgan fingerprint density at radius 2 is 1.96 bits per heavy atom. The average molecular weight is 345 g/mol. The molecular formula is C20H32N4O. The van der Waals surface area contributed by atoms with E-state index in [1.165, 1.54) is 12.0 Å². The van der Waals surface area contributed by atoms with Gasteiger partial charge in [-0.15, -0.1) is 0 Å². The van der Waals surface area contributed by atoms with E-state index < -0.39 is 0 Å². The summed E-state index contributed by atoms with van der Waals surface area (Å²) < 4.78 is 0. The molecule has 2 aliphatic rings. The van der Waals surface area contributed by atoms with Crippen molar-refractivity contribution in [1.82, 2.24) is 20.9 Å². The molecule has 0 bridgehead atoms. The summed E-state index contributed by atoms with van der Waals surface area (Å²) in [6.07, 6.45) is 4.44. The molecule has 0 radical (unpaired) electrons. The van der Waals surface area contributed by atoms with E-state index in [1.807, 2.05) is 0 Å². The lowest BCUT2D eigenvalue weighted by atomic mass is 9.89. The van der Waals surface area contributed by atoms with Gasteiger partial charge in [-0.25, -0.2) is 0 Å². The summed E-state index contributed by atoms with van der Waals surface area (Å²) in [6, 6.07) is 10.7. The summed E-state index contributed by atoms with van der Waals surface area (Å²) >= 11 is 0. The Kier molecular flexibility index (Phi) is 7.27. The Morgan fingerprint density at radius 3 is 2.68 bits per heavy atom. The fourth-order valence-electron chi connectivity index (χ4n) is 3.80. The Hall–Kier alpha value is -1.43. The van der Waals surface area contributed by atoms with Gasteiger partial charge >= 0.3 is 0 Å². The van der Waals surface area contributed by atoms with E-state index in [0.29, 0.717) is 5.92 Å². The topological polar surface area (TPSA) is 56.4 Å². The monoisotopic (exact) mass is 344 g/mol. The van der Waals surface area contributed by atoms with E-state index in [2.05, 4.69) is 51.2 Å². The van der Waals surface area contributed by atoms with Crippen LogP contribution >= 0.6 is 0 Å². The van der Waals surface area contributed by atoms with Crippen LogP contribution in [0.25, 0.3) is 0 Å². The first-order chi connectivity index (χ1) is 12.3. The van der Waals surface area contributed by atoms with Crippen LogP contribution in [0.3, 0.4) is 0 Å². The Bertz CT molecular complexity index is 508. The molecule has 0 saturated carbocycles. The summed E-state index contributed by atoms with van der Waals surface area (Å²) in [5.74, 6) is 0.863. The van der Waals surface area contributed by atoms with Gasteiger partial charge in [-0.1, -0.05) is 30.3 Å². The van der Waals surface area contributed by atoms with Crippen molar-refractivity contribution >= 4 is 5.91 Å². The minimum atomic E-state index is -0.00371. The van der Waals surface area contributed by atoms with E-state index in [4.69, 9.17) is 0 Å². The third kappa shape index (κ3) is 6.10. The van der Waals surface area contributed by atoms with Gasteiger partial charge in [-0.05, 0) is 43.7 Å². The normalized spacial score (nSPS) is 24.8. The van der Waals surface area contributed by atoms with Gasteiger partial charge in [-0.3, -0.25) is 9.69 Å². The predicted octanol–water partition coefficient (Wildman–Crippen LogP) is 1.01. The highest BCUT2D eigenvalue weighted by atomic mass is 16.2. The molecule has 2 saturated heterocycles. The largest absolute Gasteiger partial charge is 0.353 e. The van der Waals surface area contributed by atoms with Crippen LogP contribution in [0.15, 0.2) is 30.3 Å². The standard InChI is InChI=1S/C20H32N4O/c25-20(22-12-15-24-13-10-21-11-14-24)19-9-8-18(16-23-19)7-6-17-4-2-1-3-5-17/h1-5,18-19,21,23H,6-16H2,(H,22,25). The number of nitrogens with one attached hydrogen (secondary N) is 3. The highest BCUT2D eigenvalue weighted by molar-refractivity contribution is 5.81. The zero-order valence-corrected chi connectivity index (χ0v) is 15.2. The molecule has 3 rings (SSSR count). The van der Waals surface area contributed by atoms with Crippen LogP contribution < -0.4 is 16.0 Å². The molecule has 2 atom stereocenters. The molecule has 2 unspecified atom stereocenters. The van der Waals surface area contributed by atoms with Gasteiger partial charge in [0.05, 0.1) is 6.04 Å². The molecule has 5 nitrogen and oxygen atoms in total. The SMILES string of the molecule is O=C(NCCN1CCNCC1)C1CCC(CCc2ccccc2)CN1. The van der Waals surface area contributed by atoms with Crippen LogP contribution in [-0.2, 0) is 11.2 Å². The zero-order valence-electron chi connectivity index (χ0n) is 15.2. The second kappa shape index (κ2) is 9.90. The highest BCUT2D eigenvalue weighted by Crippen LogP contribution is 2.20. The first-order valence-corrected chi connectivity index (χ1v) is 9.79. The fraction of sp³-hybridized carbons (Fsp3) is 0.650. The van der Waals surface area contributed by atoms with E-state index in [1.54, 1.807) is 0 Å². The third-order valence-electron chi connectivity index (χ3n) is 5.45. The summed E-state index contributed by atoms with van der Waals surface area (Å²) in [5, 5.41) is 9.92. The second-order valence-electron chi connectivity index (χ2n) is 7.31. The molecule has 1 aromatic carbocycles. The number of hydrogen-bond acceptors (Lipinski definition) is 4. The quantitative estimate of drug-likeness (QED) is 0.691. The molecule has 2 aliphatic heterocycles. The smallest absolute Gasteiger partial charge is 0.237 e. The molecule has 2 fully saturated rings. The fourth-order valence-corrected chi connectivity index (χ4v) is 3.80. The van der Waals surface area contributed by atoms with Gasteiger partial charge in [0.2, 0.25) is 5.91 Å². The maximum absolute atomic E-state index is 12.3. The van der Waals surface area contributed by atoms with E-state index >= 15 is 0 Å². The number of rotatable bonds is 7. The molecule has 1 amide bonds. The van der Waals surface area contributed by atoms with Gasteiger partial charge in [0.1, 0.15) is 0 Å².